The van der Waals surface area contributed by atoms with Crippen molar-refractivity contribution in [2.24, 2.45) is 5.92 Å². The molecule has 1 heterocycles. The maximum Gasteiger partial charge on any atom is 0.0435 e. The largest absolute Gasteiger partial charge is 0.312 e. The molecule has 0 aliphatic rings. The second-order valence-corrected chi connectivity index (χ2v) is 4.01. The summed E-state index contributed by atoms with van der Waals surface area (Å²) in [6.45, 7) is 4.47. The Hall–Kier alpha value is -0.340. The summed E-state index contributed by atoms with van der Waals surface area (Å²) in [5.41, 5.74) is 0. The molecular formula is C9H15NS. The molecule has 1 nitrogen and oxygen atoms in total. The van der Waals surface area contributed by atoms with Crippen LogP contribution in [0, 0.1) is 5.92 Å². The van der Waals surface area contributed by atoms with Crippen molar-refractivity contribution >= 4 is 11.3 Å². The number of hydrogen-bond acceptors (Lipinski definition) is 2. The average Bonchev–Trinajstić information content (AvgIpc) is 2.40. The Labute approximate surface area is 72.4 Å². The molecule has 2 heteroatoms. The highest BCUT2D eigenvalue weighted by molar-refractivity contribution is 7.10. The summed E-state index contributed by atoms with van der Waals surface area (Å²) in [6.07, 6.45) is 0. The van der Waals surface area contributed by atoms with E-state index in [0.29, 0.717) is 12.0 Å². The maximum absolute atomic E-state index is 3.31. The van der Waals surface area contributed by atoms with Gasteiger partial charge in [-0.25, -0.2) is 0 Å². The maximum atomic E-state index is 3.31. The highest BCUT2D eigenvalue weighted by atomic mass is 32.1. The minimum Gasteiger partial charge on any atom is -0.312 e. The van der Waals surface area contributed by atoms with Gasteiger partial charge in [-0.3, -0.25) is 0 Å². The summed E-state index contributed by atoms with van der Waals surface area (Å²) in [5, 5.41) is 5.44. The third kappa shape index (κ3) is 2.04. The summed E-state index contributed by atoms with van der Waals surface area (Å²) >= 11 is 1.82. The molecule has 0 saturated carbocycles. The van der Waals surface area contributed by atoms with Crippen LogP contribution in [0.1, 0.15) is 24.8 Å². The minimum atomic E-state index is 0.523. The van der Waals surface area contributed by atoms with Gasteiger partial charge in [0, 0.05) is 10.9 Å². The molecule has 1 atom stereocenters. The van der Waals surface area contributed by atoms with Crippen LogP contribution in [0.4, 0.5) is 0 Å². The first kappa shape index (κ1) is 8.75. The molecule has 0 aromatic carbocycles. The SMILES string of the molecule is CNC(c1cccs1)C(C)C. The first-order valence-electron chi connectivity index (χ1n) is 3.96. The Bertz CT molecular complexity index is 191. The Kier molecular flexibility index (Phi) is 3.09. The molecule has 1 N–H and O–H groups in total. The van der Waals surface area contributed by atoms with Crippen LogP contribution >= 0.6 is 11.3 Å². The van der Waals surface area contributed by atoms with Gasteiger partial charge in [-0.1, -0.05) is 19.9 Å². The molecule has 0 bridgehead atoms. The van der Waals surface area contributed by atoms with E-state index in [4.69, 9.17) is 0 Å². The predicted octanol–water partition coefficient (Wildman–Crippen LogP) is 2.66. The molecule has 0 amide bonds. The van der Waals surface area contributed by atoms with Crippen LogP contribution in [-0.4, -0.2) is 7.05 Å². The average molecular weight is 169 g/mol. The van der Waals surface area contributed by atoms with Gasteiger partial charge in [0.15, 0.2) is 0 Å². The van der Waals surface area contributed by atoms with Gasteiger partial charge < -0.3 is 5.32 Å². The summed E-state index contributed by atoms with van der Waals surface area (Å²) in [4.78, 5) is 1.43. The highest BCUT2D eigenvalue weighted by Crippen LogP contribution is 2.24. The van der Waals surface area contributed by atoms with E-state index in [1.54, 1.807) is 0 Å². The summed E-state index contributed by atoms with van der Waals surface area (Å²) in [7, 11) is 2.02. The van der Waals surface area contributed by atoms with E-state index < -0.39 is 0 Å². The van der Waals surface area contributed by atoms with Gasteiger partial charge in [0.2, 0.25) is 0 Å². The fourth-order valence-corrected chi connectivity index (χ4v) is 2.28. The van der Waals surface area contributed by atoms with Gasteiger partial charge in [-0.2, -0.15) is 0 Å². The molecule has 0 radical (unpaired) electrons. The van der Waals surface area contributed by atoms with Crippen LogP contribution in [0.2, 0.25) is 0 Å². The molecule has 0 fully saturated rings. The summed E-state index contributed by atoms with van der Waals surface area (Å²) in [6, 6.07) is 4.81. The fourth-order valence-electron chi connectivity index (χ4n) is 1.27. The van der Waals surface area contributed by atoms with Crippen molar-refractivity contribution in [3.63, 3.8) is 0 Å². The smallest absolute Gasteiger partial charge is 0.0435 e. The topological polar surface area (TPSA) is 12.0 Å². The zero-order chi connectivity index (χ0) is 8.27. The molecule has 1 unspecified atom stereocenters. The summed E-state index contributed by atoms with van der Waals surface area (Å²) in [5.74, 6) is 0.665. The molecule has 11 heavy (non-hydrogen) atoms. The quantitative estimate of drug-likeness (QED) is 0.733. The predicted molar refractivity (Wildman–Crippen MR) is 51.0 cm³/mol. The van der Waals surface area contributed by atoms with E-state index >= 15 is 0 Å². The Morgan fingerprint density at radius 3 is 2.55 bits per heavy atom. The second-order valence-electron chi connectivity index (χ2n) is 3.03. The summed E-state index contributed by atoms with van der Waals surface area (Å²) < 4.78 is 0. The van der Waals surface area contributed by atoms with Crippen LogP contribution in [-0.2, 0) is 0 Å². The van der Waals surface area contributed by atoms with Crippen molar-refractivity contribution in [2.45, 2.75) is 19.9 Å². The van der Waals surface area contributed by atoms with E-state index in [-0.39, 0.29) is 0 Å². The second kappa shape index (κ2) is 3.88. The van der Waals surface area contributed by atoms with Crippen LogP contribution in [0.25, 0.3) is 0 Å². The van der Waals surface area contributed by atoms with Gasteiger partial charge in [-0.15, -0.1) is 11.3 Å². The molecule has 1 aromatic rings. The molecule has 1 rings (SSSR count). The molecule has 62 valence electrons. The lowest BCUT2D eigenvalue weighted by molar-refractivity contribution is 0.449. The minimum absolute atomic E-state index is 0.523. The van der Waals surface area contributed by atoms with Crippen molar-refractivity contribution in [3.8, 4) is 0 Å². The van der Waals surface area contributed by atoms with E-state index in [9.17, 15) is 0 Å². The van der Waals surface area contributed by atoms with Gasteiger partial charge in [-0.05, 0) is 24.4 Å². The van der Waals surface area contributed by atoms with Crippen molar-refractivity contribution < 1.29 is 0 Å². The van der Waals surface area contributed by atoms with E-state index in [0.717, 1.165) is 0 Å². The zero-order valence-electron chi connectivity index (χ0n) is 7.29. The Morgan fingerprint density at radius 1 is 1.45 bits per heavy atom. The molecule has 0 spiro atoms. The zero-order valence-corrected chi connectivity index (χ0v) is 8.11. The van der Waals surface area contributed by atoms with Crippen molar-refractivity contribution in [3.05, 3.63) is 22.4 Å². The Balaban J connectivity index is 2.71. The molecule has 1 aromatic heterocycles. The number of thiophene rings is 1. The van der Waals surface area contributed by atoms with E-state index in [2.05, 4.69) is 36.7 Å². The van der Waals surface area contributed by atoms with Gasteiger partial charge in [0.1, 0.15) is 0 Å². The van der Waals surface area contributed by atoms with Crippen molar-refractivity contribution in [1.29, 1.82) is 0 Å². The highest BCUT2D eigenvalue weighted by Gasteiger charge is 2.13. The third-order valence-electron chi connectivity index (χ3n) is 1.83. The normalized spacial score (nSPS) is 13.8. The third-order valence-corrected chi connectivity index (χ3v) is 2.78. The van der Waals surface area contributed by atoms with E-state index in [1.165, 1.54) is 4.88 Å². The van der Waals surface area contributed by atoms with Crippen LogP contribution in [0.5, 0.6) is 0 Å². The molecule has 0 saturated heterocycles. The van der Waals surface area contributed by atoms with Crippen LogP contribution < -0.4 is 5.32 Å². The molecule has 0 aliphatic heterocycles. The van der Waals surface area contributed by atoms with E-state index in [1.807, 2.05) is 18.4 Å². The molecular weight excluding hydrogens is 154 g/mol. The Morgan fingerprint density at radius 2 is 2.18 bits per heavy atom. The fraction of sp³-hybridized carbons (Fsp3) is 0.556. The van der Waals surface area contributed by atoms with Crippen molar-refractivity contribution in [1.82, 2.24) is 5.32 Å². The first-order valence-corrected chi connectivity index (χ1v) is 4.84. The van der Waals surface area contributed by atoms with Crippen LogP contribution in [0.15, 0.2) is 17.5 Å². The number of rotatable bonds is 3. The lowest BCUT2D eigenvalue weighted by Crippen LogP contribution is -2.20. The standard InChI is InChI=1S/C9H15NS/c1-7(2)9(10-3)8-5-4-6-11-8/h4-7,9-10H,1-3H3. The number of nitrogens with one attached hydrogen (secondary N) is 1. The van der Waals surface area contributed by atoms with Gasteiger partial charge in [0.25, 0.3) is 0 Å². The van der Waals surface area contributed by atoms with Crippen LogP contribution in [0.3, 0.4) is 0 Å². The first-order chi connectivity index (χ1) is 5.25. The van der Waals surface area contributed by atoms with Gasteiger partial charge in [0.05, 0.1) is 0 Å². The monoisotopic (exact) mass is 169 g/mol. The number of hydrogen-bond donors (Lipinski definition) is 1. The lowest BCUT2D eigenvalue weighted by atomic mass is 10.0. The van der Waals surface area contributed by atoms with Gasteiger partial charge >= 0.3 is 0 Å². The van der Waals surface area contributed by atoms with Crippen molar-refractivity contribution in [2.75, 3.05) is 7.05 Å². The lowest BCUT2D eigenvalue weighted by Gasteiger charge is -2.18. The molecule has 0 aliphatic carbocycles.